The second kappa shape index (κ2) is 5.15. The fourth-order valence-corrected chi connectivity index (χ4v) is 2.84. The topological polar surface area (TPSA) is 49.6 Å². The van der Waals surface area contributed by atoms with Crippen LogP contribution in [0.15, 0.2) is 0 Å². The molecule has 0 spiro atoms. The van der Waals surface area contributed by atoms with Gasteiger partial charge in [0.1, 0.15) is 0 Å². The molecule has 0 saturated carbocycles. The van der Waals surface area contributed by atoms with Crippen LogP contribution in [0.4, 0.5) is 0 Å². The zero-order valence-corrected chi connectivity index (χ0v) is 10.2. The van der Waals surface area contributed by atoms with Crippen molar-refractivity contribution in [2.45, 2.75) is 31.7 Å². The van der Waals surface area contributed by atoms with Crippen molar-refractivity contribution in [1.29, 1.82) is 0 Å². The Morgan fingerprint density at radius 2 is 1.94 bits per heavy atom. The Labute approximate surface area is 97.8 Å². The standard InChI is InChI=1S/C12H23N3O/c1-14-6-2-4-10(8-14)12(16)15-7-3-5-11(13)9-15/h10-11H,2-9,13H2,1H3/t10-,11+/m1/s1. The molecule has 2 fully saturated rings. The lowest BCUT2D eigenvalue weighted by molar-refractivity contribution is -0.138. The SMILES string of the molecule is CN1CCC[C@@H](C(=O)N2CCC[C@H](N)C2)C1. The van der Waals surface area contributed by atoms with Gasteiger partial charge in [-0.3, -0.25) is 4.79 Å². The molecule has 0 aromatic rings. The predicted octanol–water partition coefficient (Wildman–Crippen LogP) is 0.278. The van der Waals surface area contributed by atoms with E-state index in [9.17, 15) is 4.79 Å². The maximum Gasteiger partial charge on any atom is 0.227 e. The average Bonchev–Trinajstić information content (AvgIpc) is 2.28. The van der Waals surface area contributed by atoms with Gasteiger partial charge >= 0.3 is 0 Å². The van der Waals surface area contributed by atoms with Crippen molar-refractivity contribution in [2.75, 3.05) is 33.2 Å². The van der Waals surface area contributed by atoms with Gasteiger partial charge in [-0.05, 0) is 39.3 Å². The maximum atomic E-state index is 12.3. The summed E-state index contributed by atoms with van der Waals surface area (Å²) < 4.78 is 0. The van der Waals surface area contributed by atoms with Crippen LogP contribution in [0.1, 0.15) is 25.7 Å². The lowest BCUT2D eigenvalue weighted by Gasteiger charge is -2.36. The Balaban J connectivity index is 1.90. The van der Waals surface area contributed by atoms with E-state index in [0.29, 0.717) is 5.91 Å². The molecule has 0 radical (unpaired) electrons. The molecule has 2 aliphatic rings. The first-order chi connectivity index (χ1) is 7.66. The summed E-state index contributed by atoms with van der Waals surface area (Å²) in [6.45, 7) is 3.72. The number of carbonyl (C=O) groups is 1. The van der Waals surface area contributed by atoms with E-state index in [-0.39, 0.29) is 12.0 Å². The summed E-state index contributed by atoms with van der Waals surface area (Å²) in [5, 5.41) is 0. The molecular weight excluding hydrogens is 202 g/mol. The quantitative estimate of drug-likeness (QED) is 0.697. The first kappa shape index (κ1) is 11.9. The Morgan fingerprint density at radius 3 is 2.62 bits per heavy atom. The zero-order valence-electron chi connectivity index (χ0n) is 10.2. The molecule has 4 heteroatoms. The van der Waals surface area contributed by atoms with Crippen LogP contribution < -0.4 is 5.73 Å². The number of piperidine rings is 2. The molecule has 92 valence electrons. The molecule has 2 heterocycles. The van der Waals surface area contributed by atoms with Gasteiger partial charge < -0.3 is 15.5 Å². The summed E-state index contributed by atoms with van der Waals surface area (Å²) in [5.74, 6) is 0.547. The van der Waals surface area contributed by atoms with E-state index in [1.165, 1.54) is 0 Å². The van der Waals surface area contributed by atoms with Crippen LogP contribution in [0.2, 0.25) is 0 Å². The highest BCUT2D eigenvalue weighted by molar-refractivity contribution is 5.79. The zero-order chi connectivity index (χ0) is 11.5. The number of carbonyl (C=O) groups excluding carboxylic acids is 1. The van der Waals surface area contributed by atoms with Gasteiger partial charge in [0.05, 0.1) is 5.92 Å². The third-order valence-electron chi connectivity index (χ3n) is 3.74. The summed E-state index contributed by atoms with van der Waals surface area (Å²) >= 11 is 0. The second-order valence-corrected chi connectivity index (χ2v) is 5.29. The van der Waals surface area contributed by atoms with Gasteiger partial charge in [-0.25, -0.2) is 0 Å². The predicted molar refractivity (Wildman–Crippen MR) is 64.0 cm³/mol. The third kappa shape index (κ3) is 2.74. The summed E-state index contributed by atoms with van der Waals surface area (Å²) in [4.78, 5) is 16.5. The first-order valence-electron chi connectivity index (χ1n) is 6.39. The van der Waals surface area contributed by atoms with Crippen LogP contribution in [0.25, 0.3) is 0 Å². The number of nitrogens with two attached hydrogens (primary N) is 1. The smallest absolute Gasteiger partial charge is 0.227 e. The van der Waals surface area contributed by atoms with Gasteiger partial charge in [-0.1, -0.05) is 0 Å². The van der Waals surface area contributed by atoms with Gasteiger partial charge in [0.25, 0.3) is 0 Å². The van der Waals surface area contributed by atoms with Crippen LogP contribution in [0.3, 0.4) is 0 Å². The molecule has 4 nitrogen and oxygen atoms in total. The Bertz CT molecular complexity index is 233. The van der Waals surface area contributed by atoms with Gasteiger partial charge in [0.2, 0.25) is 5.91 Å². The number of likely N-dealkylation sites (tertiary alicyclic amines) is 2. The summed E-state index contributed by atoms with van der Waals surface area (Å²) in [6.07, 6.45) is 4.32. The minimum atomic E-state index is 0.194. The van der Waals surface area contributed by atoms with E-state index in [2.05, 4.69) is 11.9 Å². The molecule has 2 saturated heterocycles. The molecule has 2 atom stereocenters. The average molecular weight is 225 g/mol. The largest absolute Gasteiger partial charge is 0.341 e. The minimum absolute atomic E-state index is 0.194. The van der Waals surface area contributed by atoms with E-state index >= 15 is 0 Å². The highest BCUT2D eigenvalue weighted by Crippen LogP contribution is 2.19. The Morgan fingerprint density at radius 1 is 1.19 bits per heavy atom. The van der Waals surface area contributed by atoms with Crippen LogP contribution >= 0.6 is 0 Å². The van der Waals surface area contributed by atoms with Crippen molar-refractivity contribution < 1.29 is 4.79 Å². The first-order valence-corrected chi connectivity index (χ1v) is 6.39. The number of hydrogen-bond donors (Lipinski definition) is 1. The van der Waals surface area contributed by atoms with Crippen molar-refractivity contribution in [3.8, 4) is 0 Å². The monoisotopic (exact) mass is 225 g/mol. The van der Waals surface area contributed by atoms with Gasteiger partial charge in [-0.2, -0.15) is 0 Å². The second-order valence-electron chi connectivity index (χ2n) is 5.29. The lowest BCUT2D eigenvalue weighted by atomic mass is 9.95. The number of amides is 1. The van der Waals surface area contributed by atoms with Crippen molar-refractivity contribution in [3.63, 3.8) is 0 Å². The van der Waals surface area contributed by atoms with Gasteiger partial charge in [0.15, 0.2) is 0 Å². The molecule has 2 rings (SSSR count). The normalized spacial score (nSPS) is 32.8. The van der Waals surface area contributed by atoms with Crippen LogP contribution in [-0.4, -0.2) is 55.0 Å². The molecule has 0 unspecified atom stereocenters. The van der Waals surface area contributed by atoms with Crippen LogP contribution in [0.5, 0.6) is 0 Å². The fourth-order valence-electron chi connectivity index (χ4n) is 2.84. The van der Waals surface area contributed by atoms with E-state index in [0.717, 1.165) is 51.9 Å². The molecule has 1 amide bonds. The fraction of sp³-hybridized carbons (Fsp3) is 0.917. The van der Waals surface area contributed by atoms with E-state index < -0.39 is 0 Å². The molecule has 0 bridgehead atoms. The van der Waals surface area contributed by atoms with Crippen LogP contribution in [-0.2, 0) is 4.79 Å². The minimum Gasteiger partial charge on any atom is -0.341 e. The van der Waals surface area contributed by atoms with E-state index in [1.54, 1.807) is 0 Å². The highest BCUT2D eigenvalue weighted by atomic mass is 16.2. The third-order valence-corrected chi connectivity index (χ3v) is 3.74. The van der Waals surface area contributed by atoms with Gasteiger partial charge in [0, 0.05) is 25.7 Å². The summed E-state index contributed by atoms with van der Waals surface area (Å²) in [5.41, 5.74) is 5.92. The number of nitrogens with zero attached hydrogens (tertiary/aromatic N) is 2. The molecule has 2 aliphatic heterocycles. The van der Waals surface area contributed by atoms with Crippen molar-refractivity contribution in [3.05, 3.63) is 0 Å². The van der Waals surface area contributed by atoms with Crippen LogP contribution in [0, 0.1) is 5.92 Å². The molecule has 2 N–H and O–H groups in total. The highest BCUT2D eigenvalue weighted by Gasteiger charge is 2.30. The van der Waals surface area contributed by atoms with E-state index in [1.807, 2.05) is 4.90 Å². The molecule has 0 aliphatic carbocycles. The van der Waals surface area contributed by atoms with Crippen molar-refractivity contribution in [2.24, 2.45) is 11.7 Å². The molecule has 0 aromatic carbocycles. The van der Waals surface area contributed by atoms with Crippen molar-refractivity contribution >= 4 is 5.91 Å². The van der Waals surface area contributed by atoms with Gasteiger partial charge in [-0.15, -0.1) is 0 Å². The number of rotatable bonds is 1. The molecular formula is C12H23N3O. The maximum absolute atomic E-state index is 12.3. The summed E-state index contributed by atoms with van der Waals surface area (Å²) in [6, 6.07) is 0.194. The Hall–Kier alpha value is -0.610. The molecule has 0 aromatic heterocycles. The summed E-state index contributed by atoms with van der Waals surface area (Å²) in [7, 11) is 2.10. The van der Waals surface area contributed by atoms with E-state index in [4.69, 9.17) is 5.73 Å². The molecule has 16 heavy (non-hydrogen) atoms. The lowest BCUT2D eigenvalue weighted by Crippen LogP contribution is -2.50. The number of hydrogen-bond acceptors (Lipinski definition) is 3. The van der Waals surface area contributed by atoms with Crippen molar-refractivity contribution in [1.82, 2.24) is 9.80 Å². The Kier molecular flexibility index (Phi) is 3.82.